The number of amides is 1. The van der Waals surface area contributed by atoms with Crippen molar-refractivity contribution in [3.05, 3.63) is 58.9 Å². The van der Waals surface area contributed by atoms with Gasteiger partial charge in [-0.3, -0.25) is 9.78 Å². The standard InChI is InChI=1S/C21H22N2OS/c24-20(23-17-13-16-7-2-3-9-19(16)22-15-17)21(10-4-1-5-11-21)14-18-8-6-12-25-18/h2-3,6-9,12-13,15H,1,4-5,10-11,14H2,(H,23,24). The van der Waals surface area contributed by atoms with Crippen LogP contribution >= 0.6 is 11.3 Å². The van der Waals surface area contributed by atoms with Crippen LogP contribution in [0.4, 0.5) is 5.69 Å². The van der Waals surface area contributed by atoms with E-state index in [4.69, 9.17) is 0 Å². The number of carbonyl (C=O) groups is 1. The van der Waals surface area contributed by atoms with Gasteiger partial charge < -0.3 is 5.32 Å². The molecule has 1 aromatic carbocycles. The van der Waals surface area contributed by atoms with E-state index in [1.54, 1.807) is 17.5 Å². The molecule has 4 heteroatoms. The van der Waals surface area contributed by atoms with Crippen molar-refractivity contribution in [1.29, 1.82) is 0 Å². The minimum absolute atomic E-state index is 0.151. The van der Waals surface area contributed by atoms with E-state index in [-0.39, 0.29) is 11.3 Å². The van der Waals surface area contributed by atoms with Gasteiger partial charge in [0, 0.05) is 10.3 Å². The Morgan fingerprint density at radius 2 is 1.96 bits per heavy atom. The highest BCUT2D eigenvalue weighted by atomic mass is 32.1. The molecule has 128 valence electrons. The molecular formula is C21H22N2OS. The minimum atomic E-state index is -0.283. The minimum Gasteiger partial charge on any atom is -0.324 e. The first-order valence-electron chi connectivity index (χ1n) is 8.94. The Bertz CT molecular complexity index is 866. The van der Waals surface area contributed by atoms with Gasteiger partial charge in [-0.2, -0.15) is 0 Å². The van der Waals surface area contributed by atoms with Crippen molar-refractivity contribution >= 4 is 33.8 Å². The molecule has 0 radical (unpaired) electrons. The van der Waals surface area contributed by atoms with Gasteiger partial charge >= 0.3 is 0 Å². The maximum Gasteiger partial charge on any atom is 0.230 e. The molecule has 4 rings (SSSR count). The molecule has 1 N–H and O–H groups in total. The number of hydrogen-bond acceptors (Lipinski definition) is 3. The molecule has 0 bridgehead atoms. The molecule has 1 amide bonds. The number of para-hydroxylation sites is 1. The van der Waals surface area contributed by atoms with E-state index in [0.717, 1.165) is 48.7 Å². The number of fused-ring (bicyclic) bond motifs is 1. The Balaban J connectivity index is 1.59. The second-order valence-electron chi connectivity index (χ2n) is 6.97. The first-order chi connectivity index (χ1) is 12.3. The van der Waals surface area contributed by atoms with E-state index in [2.05, 4.69) is 27.8 Å². The summed E-state index contributed by atoms with van der Waals surface area (Å²) in [6.45, 7) is 0. The highest BCUT2D eigenvalue weighted by Crippen LogP contribution is 2.41. The number of anilines is 1. The summed E-state index contributed by atoms with van der Waals surface area (Å²) < 4.78 is 0. The molecule has 1 aliphatic rings. The first kappa shape index (κ1) is 16.3. The van der Waals surface area contributed by atoms with E-state index in [0.29, 0.717) is 0 Å². The fourth-order valence-corrected chi connectivity index (χ4v) is 4.71. The fraction of sp³-hybridized carbons (Fsp3) is 0.333. The number of thiophene rings is 1. The molecule has 2 heterocycles. The molecule has 3 nitrogen and oxygen atoms in total. The van der Waals surface area contributed by atoms with Gasteiger partial charge in [0.1, 0.15) is 0 Å². The summed E-state index contributed by atoms with van der Waals surface area (Å²) in [5, 5.41) is 6.31. The van der Waals surface area contributed by atoms with Crippen LogP contribution in [0.25, 0.3) is 10.9 Å². The maximum absolute atomic E-state index is 13.2. The summed E-state index contributed by atoms with van der Waals surface area (Å²) in [5.74, 6) is 0.151. The predicted molar refractivity (Wildman–Crippen MR) is 104 cm³/mol. The second kappa shape index (κ2) is 6.96. The SMILES string of the molecule is O=C(Nc1cnc2ccccc2c1)C1(Cc2cccs2)CCCCC1. The molecule has 0 spiro atoms. The first-order valence-corrected chi connectivity index (χ1v) is 9.82. The molecule has 0 saturated heterocycles. The number of hydrogen-bond donors (Lipinski definition) is 1. The number of nitrogens with zero attached hydrogens (tertiary/aromatic N) is 1. The summed E-state index contributed by atoms with van der Waals surface area (Å²) in [4.78, 5) is 19.0. The number of carbonyl (C=O) groups excluding carboxylic acids is 1. The maximum atomic E-state index is 13.2. The smallest absolute Gasteiger partial charge is 0.230 e. The van der Waals surface area contributed by atoms with Crippen molar-refractivity contribution in [2.75, 3.05) is 5.32 Å². The molecule has 25 heavy (non-hydrogen) atoms. The summed E-state index contributed by atoms with van der Waals surface area (Å²) in [7, 11) is 0. The van der Waals surface area contributed by atoms with Crippen molar-refractivity contribution < 1.29 is 4.79 Å². The normalized spacial score (nSPS) is 16.6. The summed E-state index contributed by atoms with van der Waals surface area (Å²) >= 11 is 1.75. The largest absolute Gasteiger partial charge is 0.324 e. The number of nitrogens with one attached hydrogen (secondary N) is 1. The Hall–Kier alpha value is -2.20. The van der Waals surface area contributed by atoms with E-state index < -0.39 is 0 Å². The summed E-state index contributed by atoms with van der Waals surface area (Å²) in [6, 6.07) is 14.2. The van der Waals surface area contributed by atoms with Gasteiger partial charge in [-0.05, 0) is 42.8 Å². The third-order valence-corrected chi connectivity index (χ3v) is 6.11. The zero-order valence-corrected chi connectivity index (χ0v) is 15.0. The highest BCUT2D eigenvalue weighted by Gasteiger charge is 2.39. The van der Waals surface area contributed by atoms with Crippen LogP contribution in [0.5, 0.6) is 0 Å². The topological polar surface area (TPSA) is 42.0 Å². The Kier molecular flexibility index (Phi) is 4.53. The van der Waals surface area contributed by atoms with Crippen molar-refractivity contribution in [1.82, 2.24) is 4.98 Å². The van der Waals surface area contributed by atoms with Crippen LogP contribution in [0.15, 0.2) is 54.0 Å². The van der Waals surface area contributed by atoms with Gasteiger partial charge in [-0.25, -0.2) is 0 Å². The Labute approximate surface area is 152 Å². The van der Waals surface area contributed by atoms with Gasteiger partial charge in [0.2, 0.25) is 5.91 Å². The molecule has 0 atom stereocenters. The van der Waals surface area contributed by atoms with E-state index in [1.807, 2.05) is 30.3 Å². The zero-order valence-electron chi connectivity index (χ0n) is 14.2. The van der Waals surface area contributed by atoms with Gasteiger partial charge in [0.15, 0.2) is 0 Å². The Morgan fingerprint density at radius 3 is 2.76 bits per heavy atom. The molecular weight excluding hydrogens is 328 g/mol. The lowest BCUT2D eigenvalue weighted by Crippen LogP contribution is -2.39. The highest BCUT2D eigenvalue weighted by molar-refractivity contribution is 7.09. The van der Waals surface area contributed by atoms with E-state index >= 15 is 0 Å². The molecule has 2 aromatic heterocycles. The van der Waals surface area contributed by atoms with Gasteiger partial charge in [-0.15, -0.1) is 11.3 Å². The lowest BCUT2D eigenvalue weighted by Gasteiger charge is -2.35. The number of rotatable bonds is 4. The Morgan fingerprint density at radius 1 is 1.12 bits per heavy atom. The van der Waals surface area contributed by atoms with Crippen LogP contribution in [-0.2, 0) is 11.2 Å². The monoisotopic (exact) mass is 350 g/mol. The molecule has 0 aliphatic heterocycles. The van der Waals surface area contributed by atoms with Crippen LogP contribution in [0.3, 0.4) is 0 Å². The van der Waals surface area contributed by atoms with Crippen LogP contribution in [0, 0.1) is 5.41 Å². The molecule has 1 saturated carbocycles. The van der Waals surface area contributed by atoms with Gasteiger partial charge in [0.25, 0.3) is 0 Å². The number of pyridine rings is 1. The quantitative estimate of drug-likeness (QED) is 0.682. The third kappa shape index (κ3) is 3.45. The lowest BCUT2D eigenvalue weighted by molar-refractivity contribution is -0.127. The molecule has 3 aromatic rings. The van der Waals surface area contributed by atoms with Crippen LogP contribution in [0.2, 0.25) is 0 Å². The summed E-state index contributed by atoms with van der Waals surface area (Å²) in [5.41, 5.74) is 1.46. The number of benzene rings is 1. The molecule has 1 aliphatic carbocycles. The predicted octanol–water partition coefficient (Wildman–Crippen LogP) is 5.43. The number of aromatic nitrogens is 1. The van der Waals surface area contributed by atoms with Gasteiger partial charge in [-0.1, -0.05) is 43.5 Å². The lowest BCUT2D eigenvalue weighted by atomic mass is 9.70. The molecule has 1 fully saturated rings. The third-order valence-electron chi connectivity index (χ3n) is 5.23. The van der Waals surface area contributed by atoms with Crippen molar-refractivity contribution in [2.45, 2.75) is 38.5 Å². The zero-order chi connectivity index (χ0) is 17.1. The fourth-order valence-electron chi connectivity index (χ4n) is 3.86. The average Bonchev–Trinajstić information content (AvgIpc) is 3.15. The van der Waals surface area contributed by atoms with E-state index in [1.165, 1.54) is 11.3 Å². The van der Waals surface area contributed by atoms with Crippen molar-refractivity contribution in [3.63, 3.8) is 0 Å². The van der Waals surface area contributed by atoms with E-state index in [9.17, 15) is 4.79 Å². The average molecular weight is 350 g/mol. The molecule has 0 unspecified atom stereocenters. The second-order valence-corrected chi connectivity index (χ2v) is 8.00. The van der Waals surface area contributed by atoms with Crippen molar-refractivity contribution in [3.8, 4) is 0 Å². The van der Waals surface area contributed by atoms with Crippen LogP contribution in [-0.4, -0.2) is 10.9 Å². The van der Waals surface area contributed by atoms with Crippen LogP contribution < -0.4 is 5.32 Å². The van der Waals surface area contributed by atoms with Crippen molar-refractivity contribution in [2.24, 2.45) is 5.41 Å². The van der Waals surface area contributed by atoms with Gasteiger partial charge in [0.05, 0.1) is 22.8 Å². The van der Waals surface area contributed by atoms with Crippen LogP contribution in [0.1, 0.15) is 37.0 Å². The summed E-state index contributed by atoms with van der Waals surface area (Å²) in [6.07, 6.45) is 8.05.